The van der Waals surface area contributed by atoms with Crippen molar-refractivity contribution in [3.63, 3.8) is 0 Å². The Morgan fingerprint density at radius 1 is 1.23 bits per heavy atom. The number of carbonyl (C=O) groups excluding carboxylic acids is 1. The molecule has 0 aliphatic rings. The van der Waals surface area contributed by atoms with Gasteiger partial charge in [-0.25, -0.2) is 9.78 Å². The molecule has 110 valence electrons. The molecule has 0 amide bonds. The Morgan fingerprint density at radius 2 is 2.00 bits per heavy atom. The van der Waals surface area contributed by atoms with Crippen molar-refractivity contribution in [1.29, 1.82) is 0 Å². The summed E-state index contributed by atoms with van der Waals surface area (Å²) in [5.74, 6) is -0.387. The number of anilines is 1. The Balaban J connectivity index is 1.78. The summed E-state index contributed by atoms with van der Waals surface area (Å²) in [7, 11) is 1.36. The first-order valence-corrected chi connectivity index (χ1v) is 7.41. The van der Waals surface area contributed by atoms with Crippen LogP contribution >= 0.6 is 11.3 Å². The lowest BCUT2D eigenvalue weighted by atomic mass is 10.1. The largest absolute Gasteiger partial charge is 0.465 e. The smallest absolute Gasteiger partial charge is 0.338 e. The van der Waals surface area contributed by atoms with Gasteiger partial charge in [-0.2, -0.15) is 5.10 Å². The molecular weight excluding hydrogens is 298 g/mol. The van der Waals surface area contributed by atoms with E-state index in [2.05, 4.69) is 15.5 Å². The minimum atomic E-state index is -0.387. The number of carbonyl (C=O) groups is 1. The van der Waals surface area contributed by atoms with E-state index in [1.807, 2.05) is 30.3 Å². The predicted octanol–water partition coefficient (Wildman–Crippen LogP) is 3.53. The quantitative estimate of drug-likeness (QED) is 0.455. The van der Waals surface area contributed by atoms with Crippen molar-refractivity contribution in [2.75, 3.05) is 12.5 Å². The number of benzene rings is 2. The van der Waals surface area contributed by atoms with Crippen LogP contribution in [-0.2, 0) is 4.74 Å². The highest BCUT2D eigenvalue weighted by Gasteiger charge is 2.09. The highest BCUT2D eigenvalue weighted by molar-refractivity contribution is 7.22. The SMILES string of the molecule is COC(=O)c1ccccc1/C=N\Nc1nc2ccccc2s1. The molecule has 22 heavy (non-hydrogen) atoms. The van der Waals surface area contributed by atoms with Crippen molar-refractivity contribution in [1.82, 2.24) is 4.98 Å². The van der Waals surface area contributed by atoms with Crippen LogP contribution in [0.25, 0.3) is 10.2 Å². The van der Waals surface area contributed by atoms with Crippen LogP contribution in [0.3, 0.4) is 0 Å². The van der Waals surface area contributed by atoms with Crippen LogP contribution in [0.1, 0.15) is 15.9 Å². The number of hydrazone groups is 1. The number of nitrogens with one attached hydrogen (secondary N) is 1. The third-order valence-corrected chi connectivity index (χ3v) is 3.96. The second-order valence-corrected chi connectivity index (χ2v) is 5.47. The first kappa shape index (κ1) is 14.2. The Bertz CT molecular complexity index is 809. The maximum Gasteiger partial charge on any atom is 0.338 e. The van der Waals surface area contributed by atoms with Gasteiger partial charge in [0, 0.05) is 5.56 Å². The number of methoxy groups -OCH3 is 1. The van der Waals surface area contributed by atoms with E-state index in [0.29, 0.717) is 16.3 Å². The van der Waals surface area contributed by atoms with Gasteiger partial charge >= 0.3 is 5.97 Å². The van der Waals surface area contributed by atoms with Crippen LogP contribution in [0.4, 0.5) is 5.13 Å². The van der Waals surface area contributed by atoms with E-state index in [1.165, 1.54) is 18.4 Å². The van der Waals surface area contributed by atoms with E-state index in [0.717, 1.165) is 10.2 Å². The van der Waals surface area contributed by atoms with Crippen LogP contribution in [0.15, 0.2) is 53.6 Å². The molecule has 0 saturated heterocycles. The Morgan fingerprint density at radius 3 is 2.82 bits per heavy atom. The number of hydrogen-bond donors (Lipinski definition) is 1. The van der Waals surface area contributed by atoms with Gasteiger partial charge in [0.1, 0.15) is 0 Å². The van der Waals surface area contributed by atoms with Gasteiger partial charge in [0.15, 0.2) is 0 Å². The van der Waals surface area contributed by atoms with Gasteiger partial charge in [-0.05, 0) is 18.2 Å². The lowest BCUT2D eigenvalue weighted by molar-refractivity contribution is 0.0600. The maximum absolute atomic E-state index is 11.7. The molecule has 5 nitrogen and oxygen atoms in total. The van der Waals surface area contributed by atoms with Crippen LogP contribution in [0.5, 0.6) is 0 Å². The summed E-state index contributed by atoms with van der Waals surface area (Å²) in [6.07, 6.45) is 1.58. The molecule has 0 fully saturated rings. The summed E-state index contributed by atoms with van der Waals surface area (Å²) in [5.41, 5.74) is 4.98. The number of hydrogen-bond acceptors (Lipinski definition) is 6. The molecule has 0 aliphatic heterocycles. The van der Waals surface area contributed by atoms with Crippen molar-refractivity contribution in [3.8, 4) is 0 Å². The molecule has 0 spiro atoms. The van der Waals surface area contributed by atoms with Crippen molar-refractivity contribution in [3.05, 3.63) is 59.7 Å². The number of esters is 1. The number of para-hydroxylation sites is 1. The van der Waals surface area contributed by atoms with Crippen molar-refractivity contribution < 1.29 is 9.53 Å². The highest BCUT2D eigenvalue weighted by atomic mass is 32.1. The molecule has 2 aromatic carbocycles. The van der Waals surface area contributed by atoms with Gasteiger partial charge < -0.3 is 4.74 Å². The lowest BCUT2D eigenvalue weighted by Gasteiger charge is -2.02. The first-order chi connectivity index (χ1) is 10.8. The summed E-state index contributed by atoms with van der Waals surface area (Å²) >= 11 is 1.52. The molecule has 0 aliphatic carbocycles. The van der Waals surface area contributed by atoms with Gasteiger partial charge in [0.05, 0.1) is 29.1 Å². The van der Waals surface area contributed by atoms with Crippen LogP contribution in [-0.4, -0.2) is 24.3 Å². The molecule has 0 saturated carbocycles. The Kier molecular flexibility index (Phi) is 4.11. The number of ether oxygens (including phenoxy) is 1. The average Bonchev–Trinajstić information content (AvgIpc) is 2.97. The van der Waals surface area contributed by atoms with E-state index in [4.69, 9.17) is 4.74 Å². The summed E-state index contributed by atoms with van der Waals surface area (Å²) in [6, 6.07) is 15.0. The second kappa shape index (κ2) is 6.36. The van der Waals surface area contributed by atoms with Crippen LogP contribution in [0.2, 0.25) is 0 Å². The van der Waals surface area contributed by atoms with E-state index in [1.54, 1.807) is 24.4 Å². The van der Waals surface area contributed by atoms with Crippen molar-refractivity contribution in [2.45, 2.75) is 0 Å². The van der Waals surface area contributed by atoms with Gasteiger partial charge in [0.2, 0.25) is 5.13 Å². The summed E-state index contributed by atoms with van der Waals surface area (Å²) in [6.45, 7) is 0. The fraction of sp³-hybridized carbons (Fsp3) is 0.0625. The molecule has 3 rings (SSSR count). The average molecular weight is 311 g/mol. The van der Waals surface area contributed by atoms with E-state index >= 15 is 0 Å². The van der Waals surface area contributed by atoms with Crippen LogP contribution in [0, 0.1) is 0 Å². The summed E-state index contributed by atoms with van der Waals surface area (Å²) in [4.78, 5) is 16.1. The molecule has 6 heteroatoms. The number of thiazole rings is 1. The third-order valence-electron chi connectivity index (χ3n) is 3.02. The maximum atomic E-state index is 11.7. The molecule has 1 aromatic heterocycles. The zero-order valence-corrected chi connectivity index (χ0v) is 12.6. The van der Waals surface area contributed by atoms with Crippen LogP contribution < -0.4 is 5.43 Å². The first-order valence-electron chi connectivity index (χ1n) is 6.60. The fourth-order valence-electron chi connectivity index (χ4n) is 1.98. The zero-order chi connectivity index (χ0) is 15.4. The van der Waals surface area contributed by atoms with Gasteiger partial charge in [0.25, 0.3) is 0 Å². The minimum absolute atomic E-state index is 0.387. The molecular formula is C16H13N3O2S. The molecule has 0 atom stereocenters. The standard InChI is InChI=1S/C16H13N3O2S/c1-21-15(20)12-7-3-2-6-11(12)10-17-19-16-18-13-8-4-5-9-14(13)22-16/h2-10H,1H3,(H,18,19)/b17-10-. The minimum Gasteiger partial charge on any atom is -0.465 e. The zero-order valence-electron chi connectivity index (χ0n) is 11.8. The van der Waals surface area contributed by atoms with Gasteiger partial charge in [-0.1, -0.05) is 41.7 Å². The topological polar surface area (TPSA) is 63.6 Å². The Labute approximate surface area is 131 Å². The molecule has 0 unspecified atom stereocenters. The van der Waals surface area contributed by atoms with Crippen molar-refractivity contribution >= 4 is 38.9 Å². The molecule has 1 N–H and O–H groups in total. The number of aromatic nitrogens is 1. The van der Waals surface area contributed by atoms with Gasteiger partial charge in [-0.15, -0.1) is 0 Å². The fourth-order valence-corrected chi connectivity index (χ4v) is 2.80. The number of rotatable bonds is 4. The van der Waals surface area contributed by atoms with E-state index in [-0.39, 0.29) is 5.97 Å². The summed E-state index contributed by atoms with van der Waals surface area (Å²) in [5, 5.41) is 4.85. The highest BCUT2D eigenvalue weighted by Crippen LogP contribution is 2.25. The van der Waals surface area contributed by atoms with E-state index < -0.39 is 0 Å². The monoisotopic (exact) mass is 311 g/mol. The normalized spacial score (nSPS) is 11.0. The van der Waals surface area contributed by atoms with Crippen molar-refractivity contribution in [2.24, 2.45) is 5.10 Å². The molecule has 1 heterocycles. The lowest BCUT2D eigenvalue weighted by Crippen LogP contribution is -2.05. The second-order valence-electron chi connectivity index (χ2n) is 4.44. The molecule has 0 radical (unpaired) electrons. The summed E-state index contributed by atoms with van der Waals surface area (Å²) < 4.78 is 5.84. The third kappa shape index (κ3) is 2.96. The Hall–Kier alpha value is -2.73. The number of nitrogens with zero attached hydrogens (tertiary/aromatic N) is 2. The molecule has 3 aromatic rings. The van der Waals surface area contributed by atoms with Gasteiger partial charge in [-0.3, -0.25) is 5.43 Å². The van der Waals surface area contributed by atoms with E-state index in [9.17, 15) is 4.79 Å². The predicted molar refractivity (Wildman–Crippen MR) is 88.6 cm³/mol. The number of fused-ring (bicyclic) bond motifs is 1. The molecule has 0 bridgehead atoms.